The molecule has 1 N–H and O–H groups in total. The molecule has 0 unspecified atom stereocenters. The zero-order valence-corrected chi connectivity index (χ0v) is 12.9. The lowest BCUT2D eigenvalue weighted by molar-refractivity contribution is 0.847. The summed E-state index contributed by atoms with van der Waals surface area (Å²) in [6.07, 6.45) is 9.14. The standard InChI is InChI=1S/C19H15N5/c1-2-10-21-19(8-1)24-14-16(12-22-24)15-5-3-6-17(11-15)23-18-7-4-9-20-13-18/h1-14,23H. The first-order valence-electron chi connectivity index (χ1n) is 7.62. The Hall–Kier alpha value is -3.47. The third-order valence-corrected chi connectivity index (χ3v) is 3.61. The molecule has 0 spiro atoms. The van der Waals surface area contributed by atoms with Crippen molar-refractivity contribution in [2.45, 2.75) is 0 Å². The second-order valence-corrected chi connectivity index (χ2v) is 5.31. The first-order valence-corrected chi connectivity index (χ1v) is 7.62. The summed E-state index contributed by atoms with van der Waals surface area (Å²) in [6.45, 7) is 0. The molecule has 0 aliphatic heterocycles. The van der Waals surface area contributed by atoms with Crippen LogP contribution in [-0.4, -0.2) is 19.7 Å². The third-order valence-electron chi connectivity index (χ3n) is 3.61. The Balaban J connectivity index is 1.61. The van der Waals surface area contributed by atoms with E-state index >= 15 is 0 Å². The summed E-state index contributed by atoms with van der Waals surface area (Å²) in [5, 5.41) is 7.75. The number of anilines is 2. The summed E-state index contributed by atoms with van der Waals surface area (Å²) < 4.78 is 1.77. The van der Waals surface area contributed by atoms with Crippen LogP contribution < -0.4 is 5.32 Å². The zero-order valence-electron chi connectivity index (χ0n) is 12.9. The van der Waals surface area contributed by atoms with Gasteiger partial charge in [0.1, 0.15) is 0 Å². The van der Waals surface area contributed by atoms with Crippen molar-refractivity contribution in [3.05, 3.63) is 85.6 Å². The van der Waals surface area contributed by atoms with Crippen LogP contribution in [0.2, 0.25) is 0 Å². The molecule has 0 aliphatic rings. The van der Waals surface area contributed by atoms with Gasteiger partial charge in [0.05, 0.1) is 18.1 Å². The van der Waals surface area contributed by atoms with Gasteiger partial charge in [-0.15, -0.1) is 0 Å². The van der Waals surface area contributed by atoms with Crippen molar-refractivity contribution in [1.82, 2.24) is 19.7 Å². The van der Waals surface area contributed by atoms with Gasteiger partial charge in [-0.25, -0.2) is 9.67 Å². The molecule has 0 aliphatic carbocycles. The van der Waals surface area contributed by atoms with Crippen molar-refractivity contribution in [2.24, 2.45) is 0 Å². The molecular weight excluding hydrogens is 298 g/mol. The Morgan fingerprint density at radius 3 is 2.58 bits per heavy atom. The van der Waals surface area contributed by atoms with Gasteiger partial charge in [-0.1, -0.05) is 18.2 Å². The highest BCUT2D eigenvalue weighted by molar-refractivity contribution is 5.70. The van der Waals surface area contributed by atoms with Gasteiger partial charge in [0.2, 0.25) is 0 Å². The van der Waals surface area contributed by atoms with Crippen molar-refractivity contribution in [2.75, 3.05) is 5.32 Å². The van der Waals surface area contributed by atoms with Crippen LogP contribution in [0.15, 0.2) is 85.6 Å². The van der Waals surface area contributed by atoms with E-state index in [0.717, 1.165) is 28.3 Å². The smallest absolute Gasteiger partial charge is 0.153 e. The van der Waals surface area contributed by atoms with E-state index in [2.05, 4.69) is 32.5 Å². The van der Waals surface area contributed by atoms with Crippen LogP contribution in [0.25, 0.3) is 16.9 Å². The van der Waals surface area contributed by atoms with Gasteiger partial charge >= 0.3 is 0 Å². The van der Waals surface area contributed by atoms with Gasteiger partial charge in [0.25, 0.3) is 0 Å². The highest BCUT2D eigenvalue weighted by Gasteiger charge is 2.05. The summed E-state index contributed by atoms with van der Waals surface area (Å²) >= 11 is 0. The van der Waals surface area contributed by atoms with E-state index in [1.54, 1.807) is 23.3 Å². The summed E-state index contributed by atoms with van der Waals surface area (Å²) in [5.74, 6) is 0.799. The molecule has 3 aromatic heterocycles. The lowest BCUT2D eigenvalue weighted by atomic mass is 10.1. The monoisotopic (exact) mass is 313 g/mol. The van der Waals surface area contributed by atoms with Crippen LogP contribution in [0.5, 0.6) is 0 Å². The van der Waals surface area contributed by atoms with Crippen LogP contribution >= 0.6 is 0 Å². The largest absolute Gasteiger partial charge is 0.354 e. The molecule has 1 aromatic carbocycles. The van der Waals surface area contributed by atoms with E-state index in [1.807, 2.05) is 54.9 Å². The first kappa shape index (κ1) is 14.1. The molecule has 0 atom stereocenters. The van der Waals surface area contributed by atoms with Crippen molar-refractivity contribution >= 4 is 11.4 Å². The maximum atomic E-state index is 4.40. The fraction of sp³-hybridized carbons (Fsp3) is 0. The number of pyridine rings is 2. The number of aromatic nitrogens is 4. The van der Waals surface area contributed by atoms with Crippen LogP contribution in [0.3, 0.4) is 0 Å². The molecule has 5 heteroatoms. The average Bonchev–Trinajstić information content (AvgIpc) is 3.14. The predicted octanol–water partition coefficient (Wildman–Crippen LogP) is 4.07. The maximum Gasteiger partial charge on any atom is 0.153 e. The Morgan fingerprint density at radius 1 is 0.792 bits per heavy atom. The maximum absolute atomic E-state index is 4.40. The van der Waals surface area contributed by atoms with E-state index in [1.165, 1.54) is 0 Å². The van der Waals surface area contributed by atoms with Crippen molar-refractivity contribution in [1.29, 1.82) is 0 Å². The Labute approximate surface area is 139 Å². The Morgan fingerprint density at radius 2 is 1.75 bits per heavy atom. The number of benzene rings is 1. The van der Waals surface area contributed by atoms with Gasteiger partial charge in [0.15, 0.2) is 5.82 Å². The van der Waals surface area contributed by atoms with E-state index in [-0.39, 0.29) is 0 Å². The van der Waals surface area contributed by atoms with Crippen LogP contribution in [0, 0.1) is 0 Å². The fourth-order valence-corrected chi connectivity index (χ4v) is 2.47. The molecule has 0 radical (unpaired) electrons. The van der Waals surface area contributed by atoms with Gasteiger partial charge in [-0.05, 0) is 42.0 Å². The van der Waals surface area contributed by atoms with Crippen molar-refractivity contribution in [3.8, 4) is 16.9 Å². The van der Waals surface area contributed by atoms with E-state index in [9.17, 15) is 0 Å². The van der Waals surface area contributed by atoms with Crippen LogP contribution in [0.4, 0.5) is 11.4 Å². The molecule has 0 amide bonds. The molecule has 4 rings (SSSR count). The van der Waals surface area contributed by atoms with Gasteiger partial charge < -0.3 is 5.32 Å². The highest BCUT2D eigenvalue weighted by Crippen LogP contribution is 2.24. The van der Waals surface area contributed by atoms with Crippen LogP contribution in [0.1, 0.15) is 0 Å². The Kier molecular flexibility index (Phi) is 3.73. The van der Waals surface area contributed by atoms with Crippen LogP contribution in [-0.2, 0) is 0 Å². The molecule has 0 saturated carbocycles. The number of hydrogen-bond donors (Lipinski definition) is 1. The molecular formula is C19H15N5. The Bertz CT molecular complexity index is 932. The van der Waals surface area contributed by atoms with Crippen molar-refractivity contribution < 1.29 is 0 Å². The normalized spacial score (nSPS) is 10.5. The summed E-state index contributed by atoms with van der Waals surface area (Å²) in [4.78, 5) is 8.43. The minimum absolute atomic E-state index is 0.799. The molecule has 3 heterocycles. The number of nitrogens with zero attached hydrogens (tertiary/aromatic N) is 4. The molecule has 116 valence electrons. The predicted molar refractivity (Wildman–Crippen MR) is 94.3 cm³/mol. The van der Waals surface area contributed by atoms with Gasteiger partial charge in [-0.2, -0.15) is 5.10 Å². The lowest BCUT2D eigenvalue weighted by Crippen LogP contribution is -1.95. The second kappa shape index (κ2) is 6.34. The topological polar surface area (TPSA) is 55.6 Å². The van der Waals surface area contributed by atoms with E-state index in [0.29, 0.717) is 0 Å². The molecule has 0 saturated heterocycles. The number of hydrogen-bond acceptors (Lipinski definition) is 4. The third kappa shape index (κ3) is 3.01. The summed E-state index contributed by atoms with van der Waals surface area (Å²) in [5.41, 5.74) is 4.09. The minimum atomic E-state index is 0.799. The summed E-state index contributed by atoms with van der Waals surface area (Å²) in [6, 6.07) is 17.9. The molecule has 0 bridgehead atoms. The fourth-order valence-electron chi connectivity index (χ4n) is 2.47. The van der Waals surface area contributed by atoms with Crippen molar-refractivity contribution in [3.63, 3.8) is 0 Å². The summed E-state index contributed by atoms with van der Waals surface area (Å²) in [7, 11) is 0. The van der Waals surface area contributed by atoms with E-state index in [4.69, 9.17) is 0 Å². The molecule has 5 nitrogen and oxygen atoms in total. The number of nitrogens with one attached hydrogen (secondary N) is 1. The number of rotatable bonds is 4. The first-order chi connectivity index (χ1) is 11.9. The lowest BCUT2D eigenvalue weighted by Gasteiger charge is -2.07. The van der Waals surface area contributed by atoms with Gasteiger partial charge in [-0.3, -0.25) is 4.98 Å². The highest BCUT2D eigenvalue weighted by atomic mass is 15.3. The van der Waals surface area contributed by atoms with Gasteiger partial charge in [0, 0.05) is 29.8 Å². The SMILES string of the molecule is c1ccc(-n2cc(-c3cccc(Nc4cccnc4)c3)cn2)nc1. The molecule has 0 fully saturated rings. The molecule has 4 aromatic rings. The molecule has 24 heavy (non-hydrogen) atoms. The van der Waals surface area contributed by atoms with E-state index < -0.39 is 0 Å². The zero-order chi connectivity index (χ0) is 16.2. The quantitative estimate of drug-likeness (QED) is 0.617. The average molecular weight is 313 g/mol. The minimum Gasteiger partial charge on any atom is -0.354 e. The second-order valence-electron chi connectivity index (χ2n) is 5.31.